The number of aromatic nitrogens is 2. The number of amides is 1. The molecule has 3 heterocycles. The molecule has 0 atom stereocenters. The van der Waals surface area contributed by atoms with Gasteiger partial charge in [0.2, 0.25) is 5.91 Å². The highest BCUT2D eigenvalue weighted by molar-refractivity contribution is 7.98. The monoisotopic (exact) mass is 456 g/mol. The van der Waals surface area contributed by atoms with Gasteiger partial charge in [-0.1, -0.05) is 0 Å². The van der Waals surface area contributed by atoms with Gasteiger partial charge in [0.05, 0.1) is 17.7 Å². The molecule has 0 spiro atoms. The molecular formula is C20H26F2N4O2S2. The van der Waals surface area contributed by atoms with E-state index in [1.165, 1.54) is 16.9 Å². The average Bonchev–Trinajstić information content (AvgIpc) is 3.10. The number of hydrogen-bond acceptors (Lipinski definition) is 6. The Morgan fingerprint density at radius 3 is 2.73 bits per heavy atom. The van der Waals surface area contributed by atoms with E-state index in [2.05, 4.69) is 9.97 Å². The molecule has 0 aromatic carbocycles. The lowest BCUT2D eigenvalue weighted by molar-refractivity contribution is -0.132. The first kappa shape index (κ1) is 21.7. The summed E-state index contributed by atoms with van der Waals surface area (Å²) in [6.07, 6.45) is 2.38. The number of carbonyl (C=O) groups excluding carboxylic acids is 1. The van der Waals surface area contributed by atoms with Crippen LogP contribution in [0, 0.1) is 0 Å². The Balaban J connectivity index is 1.25. The van der Waals surface area contributed by atoms with Gasteiger partial charge in [-0.15, -0.1) is 11.3 Å². The lowest BCUT2D eigenvalue weighted by atomic mass is 9.97. The fraction of sp³-hybridized carbons (Fsp3) is 0.650. The first-order valence-corrected chi connectivity index (χ1v) is 12.4. The van der Waals surface area contributed by atoms with Gasteiger partial charge in [0.15, 0.2) is 0 Å². The fourth-order valence-electron chi connectivity index (χ4n) is 4.14. The highest BCUT2D eigenvalue weighted by Crippen LogP contribution is 2.33. The number of halogens is 2. The van der Waals surface area contributed by atoms with Crippen molar-refractivity contribution in [1.29, 1.82) is 0 Å². The van der Waals surface area contributed by atoms with Crippen LogP contribution in [0.4, 0.5) is 8.78 Å². The van der Waals surface area contributed by atoms with Crippen molar-refractivity contribution >= 4 is 39.2 Å². The molecule has 30 heavy (non-hydrogen) atoms. The van der Waals surface area contributed by atoms with Crippen molar-refractivity contribution in [2.24, 2.45) is 0 Å². The lowest BCUT2D eigenvalue weighted by Crippen LogP contribution is -2.49. The Kier molecular flexibility index (Phi) is 7.05. The quantitative estimate of drug-likeness (QED) is 0.649. The standard InChI is InChI=1S/C20H26F2N4O2S2/c21-15(22)11-25-6-8-26(9-7-25)17(27)5-10-29-12-16-23-19(28)18-13-3-1-2-4-14(13)30-20(18)24-16/h15H,1-12H2,(H,23,24,28). The van der Waals surface area contributed by atoms with Gasteiger partial charge in [-0.25, -0.2) is 13.8 Å². The average molecular weight is 457 g/mol. The van der Waals surface area contributed by atoms with Crippen LogP contribution in [-0.4, -0.2) is 70.6 Å². The summed E-state index contributed by atoms with van der Waals surface area (Å²) in [7, 11) is 0. The normalized spacial score (nSPS) is 17.6. The van der Waals surface area contributed by atoms with E-state index in [9.17, 15) is 18.4 Å². The molecule has 6 nitrogen and oxygen atoms in total. The zero-order valence-electron chi connectivity index (χ0n) is 16.8. The third kappa shape index (κ3) is 5.03. The summed E-state index contributed by atoms with van der Waals surface area (Å²) in [5, 5.41) is 0.768. The van der Waals surface area contributed by atoms with Gasteiger partial charge in [0.25, 0.3) is 12.0 Å². The van der Waals surface area contributed by atoms with Crippen molar-refractivity contribution in [2.75, 3.05) is 38.5 Å². The number of aromatic amines is 1. The Bertz CT molecular complexity index is 954. The molecule has 1 aliphatic carbocycles. The maximum Gasteiger partial charge on any atom is 0.259 e. The maximum atomic E-state index is 12.6. The number of carbonyl (C=O) groups is 1. The largest absolute Gasteiger partial charge is 0.340 e. The topological polar surface area (TPSA) is 69.3 Å². The first-order valence-electron chi connectivity index (χ1n) is 10.4. The summed E-state index contributed by atoms with van der Waals surface area (Å²) in [5.41, 5.74) is 1.14. The third-order valence-electron chi connectivity index (χ3n) is 5.69. The van der Waals surface area contributed by atoms with Crippen LogP contribution in [0.3, 0.4) is 0 Å². The second-order valence-electron chi connectivity index (χ2n) is 7.78. The van der Waals surface area contributed by atoms with Crippen LogP contribution in [0.1, 0.15) is 35.5 Å². The van der Waals surface area contributed by atoms with Crippen LogP contribution in [0.15, 0.2) is 4.79 Å². The summed E-state index contributed by atoms with van der Waals surface area (Å²) in [4.78, 5) is 38.1. The molecule has 2 aromatic rings. The number of nitrogens with one attached hydrogen (secondary N) is 1. The summed E-state index contributed by atoms with van der Waals surface area (Å²) >= 11 is 3.22. The maximum absolute atomic E-state index is 12.6. The van der Waals surface area contributed by atoms with E-state index < -0.39 is 6.43 Å². The van der Waals surface area contributed by atoms with Gasteiger partial charge < -0.3 is 9.88 Å². The van der Waals surface area contributed by atoms with Crippen molar-refractivity contribution in [3.63, 3.8) is 0 Å². The van der Waals surface area contributed by atoms with Gasteiger partial charge in [-0.2, -0.15) is 11.8 Å². The number of thioether (sulfide) groups is 1. The molecule has 1 saturated heterocycles. The molecule has 1 fully saturated rings. The van der Waals surface area contributed by atoms with Gasteiger partial charge in [-0.05, 0) is 31.2 Å². The molecule has 0 radical (unpaired) electrons. The zero-order valence-corrected chi connectivity index (χ0v) is 18.4. The van der Waals surface area contributed by atoms with Crippen molar-refractivity contribution in [1.82, 2.24) is 19.8 Å². The minimum absolute atomic E-state index is 0.0484. The molecule has 1 aliphatic heterocycles. The molecule has 0 unspecified atom stereocenters. The van der Waals surface area contributed by atoms with Crippen molar-refractivity contribution in [3.8, 4) is 0 Å². The fourth-order valence-corrected chi connectivity index (χ4v) is 6.21. The van der Waals surface area contributed by atoms with Crippen LogP contribution >= 0.6 is 23.1 Å². The van der Waals surface area contributed by atoms with Gasteiger partial charge in [-0.3, -0.25) is 14.5 Å². The molecular weight excluding hydrogens is 430 g/mol. The summed E-state index contributed by atoms with van der Waals surface area (Å²) < 4.78 is 24.9. The molecule has 10 heteroatoms. The van der Waals surface area contributed by atoms with E-state index in [0.29, 0.717) is 49.9 Å². The Morgan fingerprint density at radius 2 is 1.97 bits per heavy atom. The summed E-state index contributed by atoms with van der Waals surface area (Å²) in [6.45, 7) is 1.79. The van der Waals surface area contributed by atoms with E-state index in [1.54, 1.807) is 32.9 Å². The molecule has 0 bridgehead atoms. The summed E-state index contributed by atoms with van der Waals surface area (Å²) in [5.74, 6) is 1.91. The van der Waals surface area contributed by atoms with E-state index >= 15 is 0 Å². The van der Waals surface area contributed by atoms with Crippen molar-refractivity contribution < 1.29 is 13.6 Å². The van der Waals surface area contributed by atoms with Crippen LogP contribution in [0.2, 0.25) is 0 Å². The predicted molar refractivity (Wildman–Crippen MR) is 117 cm³/mol. The first-order chi connectivity index (χ1) is 14.5. The van der Waals surface area contributed by atoms with Crippen LogP contribution in [0.5, 0.6) is 0 Å². The molecule has 4 rings (SSSR count). The van der Waals surface area contributed by atoms with Crippen molar-refractivity contribution in [2.45, 2.75) is 44.3 Å². The summed E-state index contributed by atoms with van der Waals surface area (Å²) in [6, 6.07) is 0. The number of nitrogens with zero attached hydrogens (tertiary/aromatic N) is 3. The molecule has 2 aliphatic rings. The second kappa shape index (κ2) is 9.74. The number of H-pyrrole nitrogens is 1. The van der Waals surface area contributed by atoms with E-state index in [1.807, 2.05) is 0 Å². The van der Waals surface area contributed by atoms with Gasteiger partial charge >= 0.3 is 0 Å². The second-order valence-corrected chi connectivity index (χ2v) is 9.97. The molecule has 164 valence electrons. The van der Waals surface area contributed by atoms with E-state index in [0.717, 1.165) is 29.5 Å². The molecule has 1 N–H and O–H groups in total. The number of thiophene rings is 1. The lowest BCUT2D eigenvalue weighted by Gasteiger charge is -2.34. The van der Waals surface area contributed by atoms with E-state index in [4.69, 9.17) is 0 Å². The predicted octanol–water partition coefficient (Wildman–Crippen LogP) is 2.90. The van der Waals surface area contributed by atoms with Crippen LogP contribution in [0.25, 0.3) is 10.2 Å². The number of alkyl halides is 2. The zero-order chi connectivity index (χ0) is 21.1. The van der Waals surface area contributed by atoms with Crippen molar-refractivity contribution in [3.05, 3.63) is 26.6 Å². The molecule has 0 saturated carbocycles. The number of aryl methyl sites for hydroxylation is 2. The minimum Gasteiger partial charge on any atom is -0.340 e. The number of piperazine rings is 1. The Hall–Kier alpha value is -1.52. The van der Waals surface area contributed by atoms with Crippen LogP contribution in [-0.2, 0) is 23.4 Å². The number of hydrogen-bond donors (Lipinski definition) is 1. The Morgan fingerprint density at radius 1 is 1.20 bits per heavy atom. The smallest absolute Gasteiger partial charge is 0.259 e. The van der Waals surface area contributed by atoms with Gasteiger partial charge in [0.1, 0.15) is 10.7 Å². The number of fused-ring (bicyclic) bond motifs is 3. The Labute approximate surface area is 182 Å². The molecule has 2 aromatic heterocycles. The molecule has 1 amide bonds. The highest BCUT2D eigenvalue weighted by Gasteiger charge is 2.23. The van der Waals surface area contributed by atoms with E-state index in [-0.39, 0.29) is 18.0 Å². The highest BCUT2D eigenvalue weighted by atomic mass is 32.2. The third-order valence-corrected chi connectivity index (χ3v) is 7.85. The SMILES string of the molecule is O=C(CCSCc1nc2sc3c(c2c(=O)[nH]1)CCCC3)N1CCN(CC(F)F)CC1. The van der Waals surface area contributed by atoms with Crippen LogP contribution < -0.4 is 5.56 Å². The number of rotatable bonds is 7. The minimum atomic E-state index is -2.33. The van der Waals surface area contributed by atoms with Gasteiger partial charge in [0, 0.05) is 43.2 Å².